The van der Waals surface area contributed by atoms with E-state index in [0.29, 0.717) is 79.3 Å². The number of amides is 2. The maximum absolute atomic E-state index is 13.7. The van der Waals surface area contributed by atoms with Crippen LogP contribution in [0.1, 0.15) is 73.1 Å². The molecule has 1 spiro atoms. The molecule has 0 aliphatic carbocycles. The molecule has 1 aromatic heterocycles. The summed E-state index contributed by atoms with van der Waals surface area (Å²) in [5, 5.41) is 28.2. The van der Waals surface area contributed by atoms with Gasteiger partial charge in [-0.1, -0.05) is 12.1 Å². The summed E-state index contributed by atoms with van der Waals surface area (Å²) >= 11 is 5.58. The molecule has 62 heavy (non-hydrogen) atoms. The first-order chi connectivity index (χ1) is 30.0. The first-order valence-electron chi connectivity index (χ1n) is 21.5. The fourth-order valence-electron chi connectivity index (χ4n) is 8.44. The van der Waals surface area contributed by atoms with Gasteiger partial charge in [-0.25, -0.2) is 9.78 Å². The summed E-state index contributed by atoms with van der Waals surface area (Å²) < 4.78 is 13.2. The highest BCUT2D eigenvalue weighted by Gasteiger charge is 2.54. The lowest BCUT2D eigenvalue weighted by molar-refractivity contribution is -0.133. The lowest BCUT2D eigenvalue weighted by Gasteiger charge is -2.38. The summed E-state index contributed by atoms with van der Waals surface area (Å²) in [6.45, 7) is 15.1. The molecule has 4 aromatic rings. The summed E-state index contributed by atoms with van der Waals surface area (Å²) in [5.41, 5.74) is 4.81. The van der Waals surface area contributed by atoms with Gasteiger partial charge < -0.3 is 55.1 Å². The molecule has 3 aliphatic heterocycles. The summed E-state index contributed by atoms with van der Waals surface area (Å²) in [7, 11) is -1.57. The fourth-order valence-corrected chi connectivity index (χ4v) is 8.61. The van der Waals surface area contributed by atoms with E-state index in [1.165, 1.54) is 6.20 Å². The van der Waals surface area contributed by atoms with Gasteiger partial charge in [0.1, 0.15) is 17.3 Å². The molecule has 0 bridgehead atoms. The number of piperazine rings is 1. The largest absolute Gasteiger partial charge is 0.490 e. The standard InChI is InChI=1S/C45H55BN8O7S/c1-5-51(6-2)32-11-14-35-38(26-32)60-39-27-33(52(7-3)8-4)12-15-36(39)45(35)37-25-30(9-13-34(37)43(57)61-45)28-50-44(62)48-20-19-47-41(55)17-18-42(56)54-23-21-53(22-24-54)40-16-10-31(29-49-40)46(58)59/h9-16,25-27,29,58-59H,5-8,17-24,28H2,1-4H3,(H,47,55)(H2,48,50,62). The number of anilines is 3. The Kier molecular flexibility index (Phi) is 13.8. The topological polar surface area (TPSA) is 172 Å². The van der Waals surface area contributed by atoms with Crippen molar-refractivity contribution in [2.75, 3.05) is 80.1 Å². The van der Waals surface area contributed by atoms with E-state index < -0.39 is 18.7 Å². The van der Waals surface area contributed by atoms with E-state index in [4.69, 9.17) is 21.7 Å². The Morgan fingerprint density at radius 3 is 2.00 bits per heavy atom. The molecule has 7 rings (SSSR count). The van der Waals surface area contributed by atoms with E-state index in [9.17, 15) is 24.4 Å². The molecule has 1 saturated heterocycles. The molecule has 0 radical (unpaired) electrons. The number of rotatable bonds is 16. The van der Waals surface area contributed by atoms with Crippen molar-refractivity contribution < 1.29 is 33.9 Å². The van der Waals surface area contributed by atoms with Gasteiger partial charge >= 0.3 is 13.1 Å². The van der Waals surface area contributed by atoms with Crippen LogP contribution < -0.4 is 40.8 Å². The summed E-state index contributed by atoms with van der Waals surface area (Å²) in [5.74, 6) is 1.29. The average Bonchev–Trinajstić information content (AvgIpc) is 3.58. The zero-order valence-corrected chi connectivity index (χ0v) is 36.6. The van der Waals surface area contributed by atoms with Crippen LogP contribution in [-0.2, 0) is 26.5 Å². The van der Waals surface area contributed by atoms with E-state index in [-0.39, 0.29) is 24.7 Å². The van der Waals surface area contributed by atoms with Gasteiger partial charge in [-0.15, -0.1) is 0 Å². The fraction of sp³-hybridized carbons (Fsp3) is 0.400. The van der Waals surface area contributed by atoms with Gasteiger partial charge in [0.15, 0.2) is 10.7 Å². The first kappa shape index (κ1) is 44.2. The molecule has 5 N–H and O–H groups in total. The number of fused-ring (bicyclic) bond motifs is 6. The molecule has 15 nitrogen and oxygen atoms in total. The second-order valence-corrected chi connectivity index (χ2v) is 15.8. The molecular weight excluding hydrogens is 807 g/mol. The molecule has 2 amide bonds. The van der Waals surface area contributed by atoms with Crippen LogP contribution in [-0.4, -0.2) is 115 Å². The Bertz CT molecular complexity index is 2220. The SMILES string of the molecule is CCN(CC)c1ccc2c(c1)Oc1cc(N(CC)CC)ccc1C21OC(=O)c2ccc(CNC(=S)NCCNC(=O)CCC(=O)N3CCN(c4ccc(B(O)O)cn4)CC3)cc21. The number of nitrogens with one attached hydrogen (secondary N) is 3. The molecule has 326 valence electrons. The second-order valence-electron chi connectivity index (χ2n) is 15.4. The zero-order chi connectivity index (χ0) is 44.0. The number of ether oxygens (including phenoxy) is 2. The molecule has 17 heteroatoms. The highest BCUT2D eigenvalue weighted by Crippen LogP contribution is 2.57. The number of carbonyl (C=O) groups is 3. The van der Waals surface area contributed by atoms with Crippen LogP contribution in [0.2, 0.25) is 0 Å². The maximum atomic E-state index is 13.7. The Balaban J connectivity index is 0.933. The van der Waals surface area contributed by atoms with Gasteiger partial charge in [0, 0.05) is 137 Å². The normalized spacial score (nSPS) is 14.5. The van der Waals surface area contributed by atoms with Gasteiger partial charge in [0.05, 0.1) is 5.56 Å². The number of nitrogens with zero attached hydrogens (tertiary/aromatic N) is 5. The third kappa shape index (κ3) is 9.15. The second kappa shape index (κ2) is 19.4. The lowest BCUT2D eigenvalue weighted by Crippen LogP contribution is -2.49. The number of carbonyl (C=O) groups excluding carboxylic acids is 3. The number of pyridine rings is 1. The monoisotopic (exact) mass is 862 g/mol. The predicted molar refractivity (Wildman–Crippen MR) is 244 cm³/mol. The van der Waals surface area contributed by atoms with Crippen LogP contribution >= 0.6 is 12.2 Å². The smallest absolute Gasteiger partial charge is 0.456 e. The van der Waals surface area contributed by atoms with Crippen molar-refractivity contribution in [2.45, 2.75) is 52.7 Å². The summed E-state index contributed by atoms with van der Waals surface area (Å²) in [6.07, 6.45) is 1.61. The Morgan fingerprint density at radius 1 is 0.790 bits per heavy atom. The number of benzene rings is 3. The average molecular weight is 863 g/mol. The highest BCUT2D eigenvalue weighted by atomic mass is 32.1. The molecule has 0 atom stereocenters. The van der Waals surface area contributed by atoms with E-state index in [1.54, 1.807) is 17.0 Å². The number of thiocarbonyl (C=S) groups is 1. The Morgan fingerprint density at radius 2 is 1.42 bits per heavy atom. The minimum atomic E-state index is -1.57. The Hall–Kier alpha value is -5.91. The van der Waals surface area contributed by atoms with Crippen molar-refractivity contribution in [3.8, 4) is 11.5 Å². The number of hydrogen-bond donors (Lipinski definition) is 5. The van der Waals surface area contributed by atoms with Gasteiger partial charge in [-0.3, -0.25) is 9.59 Å². The lowest BCUT2D eigenvalue weighted by atomic mass is 9.77. The van der Waals surface area contributed by atoms with Crippen LogP contribution in [0.5, 0.6) is 11.5 Å². The minimum absolute atomic E-state index is 0.0789. The minimum Gasteiger partial charge on any atom is -0.456 e. The third-order valence-corrected chi connectivity index (χ3v) is 12.2. The van der Waals surface area contributed by atoms with Gasteiger partial charge in [0.2, 0.25) is 11.8 Å². The van der Waals surface area contributed by atoms with Gasteiger partial charge in [-0.2, -0.15) is 0 Å². The number of hydrogen-bond acceptors (Lipinski definition) is 12. The van der Waals surface area contributed by atoms with Gasteiger partial charge in [0.25, 0.3) is 0 Å². The van der Waals surface area contributed by atoms with E-state index in [2.05, 4.69) is 70.6 Å². The van der Waals surface area contributed by atoms with Crippen LogP contribution in [0.3, 0.4) is 0 Å². The van der Waals surface area contributed by atoms with Crippen molar-refractivity contribution in [3.05, 3.63) is 101 Å². The third-order valence-electron chi connectivity index (χ3n) is 11.9. The Labute approximate surface area is 368 Å². The van der Waals surface area contributed by atoms with Crippen LogP contribution in [0.25, 0.3) is 0 Å². The van der Waals surface area contributed by atoms with Crippen LogP contribution in [0.15, 0.2) is 72.9 Å². The molecule has 0 saturated carbocycles. The van der Waals surface area contributed by atoms with Crippen molar-refractivity contribution in [3.63, 3.8) is 0 Å². The summed E-state index contributed by atoms with van der Waals surface area (Å²) in [6, 6.07) is 21.3. The molecule has 0 unspecified atom stereocenters. The first-order valence-corrected chi connectivity index (χ1v) is 21.9. The van der Waals surface area contributed by atoms with Crippen molar-refractivity contribution >= 4 is 64.9 Å². The number of esters is 1. The van der Waals surface area contributed by atoms with E-state index >= 15 is 0 Å². The predicted octanol–water partition coefficient (Wildman–Crippen LogP) is 3.23. The maximum Gasteiger partial charge on any atom is 0.490 e. The quantitative estimate of drug-likeness (QED) is 0.0482. The van der Waals surface area contributed by atoms with E-state index in [1.807, 2.05) is 47.4 Å². The molecule has 4 heterocycles. The van der Waals surface area contributed by atoms with Crippen molar-refractivity contribution in [1.29, 1.82) is 0 Å². The van der Waals surface area contributed by atoms with Gasteiger partial charge in [-0.05, 0) is 87.9 Å². The van der Waals surface area contributed by atoms with Crippen molar-refractivity contribution in [2.24, 2.45) is 0 Å². The number of aromatic nitrogens is 1. The molecule has 3 aliphatic rings. The molecule has 1 fully saturated rings. The van der Waals surface area contributed by atoms with Crippen molar-refractivity contribution in [1.82, 2.24) is 25.8 Å². The molecular formula is C45H55BN8O7S. The van der Waals surface area contributed by atoms with Crippen LogP contribution in [0.4, 0.5) is 17.2 Å². The van der Waals surface area contributed by atoms with E-state index in [0.717, 1.165) is 59.8 Å². The highest BCUT2D eigenvalue weighted by molar-refractivity contribution is 7.80. The summed E-state index contributed by atoms with van der Waals surface area (Å²) in [4.78, 5) is 51.7. The molecule has 3 aromatic carbocycles. The zero-order valence-electron chi connectivity index (χ0n) is 35.8. The van der Waals surface area contributed by atoms with Crippen LogP contribution in [0, 0.1) is 0 Å².